The molecule has 0 aliphatic heterocycles. The molecule has 4 nitrogen and oxygen atoms in total. The zero-order valence-electron chi connectivity index (χ0n) is 12.4. The van der Waals surface area contributed by atoms with E-state index < -0.39 is 6.10 Å². The lowest BCUT2D eigenvalue weighted by molar-refractivity contribution is 0.135. The fourth-order valence-corrected chi connectivity index (χ4v) is 1.93. The maximum Gasteiger partial charge on any atom is 0.118 e. The molecule has 0 heterocycles. The van der Waals surface area contributed by atoms with Gasteiger partial charge in [0, 0.05) is 6.04 Å². The fraction of sp³-hybridized carbons (Fsp3) is 0.600. The standard InChI is InChI=1S/C15H26N2O2/c1-12(16-10-5-11-17(2)3)15(18)13-6-8-14(19-4)9-7-13/h6-9,12,15-16,18H,5,10-11H2,1-4H3. The quantitative estimate of drug-likeness (QED) is 0.702. The van der Waals surface area contributed by atoms with Gasteiger partial charge in [0.05, 0.1) is 13.2 Å². The van der Waals surface area contributed by atoms with E-state index in [1.165, 1.54) is 0 Å². The van der Waals surface area contributed by atoms with Crippen LogP contribution in [0.1, 0.15) is 25.0 Å². The summed E-state index contributed by atoms with van der Waals surface area (Å²) in [5, 5.41) is 13.6. The van der Waals surface area contributed by atoms with Crippen molar-refractivity contribution < 1.29 is 9.84 Å². The highest BCUT2D eigenvalue weighted by molar-refractivity contribution is 5.28. The molecule has 0 aliphatic rings. The minimum atomic E-state index is -0.495. The lowest BCUT2D eigenvalue weighted by Gasteiger charge is -2.21. The second-order valence-electron chi connectivity index (χ2n) is 5.12. The summed E-state index contributed by atoms with van der Waals surface area (Å²) < 4.78 is 5.11. The van der Waals surface area contributed by atoms with Crippen LogP contribution < -0.4 is 10.1 Å². The molecule has 1 aromatic carbocycles. The third-order valence-corrected chi connectivity index (χ3v) is 3.18. The molecule has 0 saturated heterocycles. The van der Waals surface area contributed by atoms with Crippen molar-refractivity contribution in [2.45, 2.75) is 25.5 Å². The smallest absolute Gasteiger partial charge is 0.118 e. The SMILES string of the molecule is COc1ccc(C(O)C(C)NCCCN(C)C)cc1. The van der Waals surface area contributed by atoms with Gasteiger partial charge in [-0.2, -0.15) is 0 Å². The Morgan fingerprint density at radius 3 is 2.42 bits per heavy atom. The highest BCUT2D eigenvalue weighted by Gasteiger charge is 2.15. The monoisotopic (exact) mass is 266 g/mol. The third-order valence-electron chi connectivity index (χ3n) is 3.18. The number of ether oxygens (including phenoxy) is 1. The second-order valence-corrected chi connectivity index (χ2v) is 5.12. The van der Waals surface area contributed by atoms with Gasteiger partial charge in [0.2, 0.25) is 0 Å². The average molecular weight is 266 g/mol. The topological polar surface area (TPSA) is 44.7 Å². The summed E-state index contributed by atoms with van der Waals surface area (Å²) in [7, 11) is 5.77. The van der Waals surface area contributed by atoms with Crippen molar-refractivity contribution >= 4 is 0 Å². The molecule has 2 unspecified atom stereocenters. The molecule has 0 spiro atoms. The van der Waals surface area contributed by atoms with E-state index in [0.29, 0.717) is 0 Å². The Morgan fingerprint density at radius 1 is 1.26 bits per heavy atom. The van der Waals surface area contributed by atoms with E-state index in [4.69, 9.17) is 4.74 Å². The number of aliphatic hydroxyl groups excluding tert-OH is 1. The van der Waals surface area contributed by atoms with E-state index in [9.17, 15) is 5.11 Å². The van der Waals surface area contributed by atoms with Gasteiger partial charge in [-0.25, -0.2) is 0 Å². The highest BCUT2D eigenvalue weighted by Crippen LogP contribution is 2.20. The van der Waals surface area contributed by atoms with Gasteiger partial charge >= 0.3 is 0 Å². The van der Waals surface area contributed by atoms with Crippen LogP contribution in [0.2, 0.25) is 0 Å². The first-order valence-corrected chi connectivity index (χ1v) is 6.74. The summed E-state index contributed by atoms with van der Waals surface area (Å²) in [6.45, 7) is 3.97. The molecule has 0 aromatic heterocycles. The summed E-state index contributed by atoms with van der Waals surface area (Å²) in [4.78, 5) is 2.16. The Kier molecular flexibility index (Phi) is 6.84. The largest absolute Gasteiger partial charge is 0.497 e. The van der Waals surface area contributed by atoms with Crippen LogP contribution in [-0.2, 0) is 0 Å². The molecule has 108 valence electrons. The first kappa shape index (κ1) is 16.0. The van der Waals surface area contributed by atoms with Crippen LogP contribution in [0.3, 0.4) is 0 Å². The molecule has 2 N–H and O–H groups in total. The average Bonchev–Trinajstić information content (AvgIpc) is 2.42. The normalized spacial score (nSPS) is 14.4. The Morgan fingerprint density at radius 2 is 1.89 bits per heavy atom. The Bertz CT molecular complexity index is 352. The molecule has 0 aliphatic carbocycles. The summed E-state index contributed by atoms with van der Waals surface area (Å²) in [5.74, 6) is 0.808. The molecule has 0 radical (unpaired) electrons. The van der Waals surface area contributed by atoms with Gasteiger partial charge in [-0.3, -0.25) is 0 Å². The molecule has 0 amide bonds. The van der Waals surface area contributed by atoms with Crippen LogP contribution in [-0.4, -0.2) is 50.3 Å². The predicted octanol–water partition coefficient (Wildman–Crippen LogP) is 1.66. The van der Waals surface area contributed by atoms with Crippen LogP contribution >= 0.6 is 0 Å². The number of rotatable bonds is 8. The van der Waals surface area contributed by atoms with Crippen molar-refractivity contribution in [3.8, 4) is 5.75 Å². The van der Waals surface area contributed by atoms with Gasteiger partial charge in [0.15, 0.2) is 0 Å². The minimum absolute atomic E-state index is 0.0376. The summed E-state index contributed by atoms with van der Waals surface area (Å²) in [6.07, 6.45) is 0.581. The first-order chi connectivity index (χ1) is 9.04. The zero-order valence-corrected chi connectivity index (χ0v) is 12.4. The van der Waals surface area contributed by atoms with Gasteiger partial charge < -0.3 is 20.1 Å². The molecule has 0 fully saturated rings. The van der Waals surface area contributed by atoms with Crippen LogP contribution in [0.25, 0.3) is 0 Å². The molecule has 0 saturated carbocycles. The first-order valence-electron chi connectivity index (χ1n) is 6.74. The molecule has 2 atom stereocenters. The van der Waals surface area contributed by atoms with Crippen molar-refractivity contribution in [1.82, 2.24) is 10.2 Å². The van der Waals surface area contributed by atoms with Crippen LogP contribution in [0, 0.1) is 0 Å². The van der Waals surface area contributed by atoms with E-state index in [1.54, 1.807) is 7.11 Å². The summed E-state index contributed by atoms with van der Waals surface area (Å²) >= 11 is 0. The number of nitrogens with zero attached hydrogens (tertiary/aromatic N) is 1. The van der Waals surface area contributed by atoms with Crippen molar-refractivity contribution in [3.05, 3.63) is 29.8 Å². The van der Waals surface area contributed by atoms with Gasteiger partial charge in [0.25, 0.3) is 0 Å². The van der Waals surface area contributed by atoms with Crippen molar-refractivity contribution in [1.29, 1.82) is 0 Å². The molecule has 0 bridgehead atoms. The van der Waals surface area contributed by atoms with Gasteiger partial charge in [-0.1, -0.05) is 12.1 Å². The number of benzene rings is 1. The Balaban J connectivity index is 2.40. The Labute approximate surface area is 116 Å². The maximum absolute atomic E-state index is 10.2. The van der Waals surface area contributed by atoms with Crippen molar-refractivity contribution in [3.63, 3.8) is 0 Å². The van der Waals surface area contributed by atoms with E-state index in [1.807, 2.05) is 31.2 Å². The van der Waals surface area contributed by atoms with Gasteiger partial charge in [-0.05, 0) is 58.2 Å². The Hall–Kier alpha value is -1.10. The van der Waals surface area contributed by atoms with Crippen LogP contribution in [0.5, 0.6) is 5.75 Å². The predicted molar refractivity (Wildman–Crippen MR) is 78.6 cm³/mol. The van der Waals surface area contributed by atoms with Gasteiger partial charge in [-0.15, -0.1) is 0 Å². The van der Waals surface area contributed by atoms with Crippen molar-refractivity contribution in [2.24, 2.45) is 0 Å². The molecule has 19 heavy (non-hydrogen) atoms. The minimum Gasteiger partial charge on any atom is -0.497 e. The summed E-state index contributed by atoms with van der Waals surface area (Å²) in [6, 6.07) is 7.59. The third kappa shape index (κ3) is 5.59. The van der Waals surface area contributed by atoms with Crippen LogP contribution in [0.15, 0.2) is 24.3 Å². The number of nitrogens with one attached hydrogen (secondary N) is 1. The van der Waals surface area contributed by atoms with Gasteiger partial charge in [0.1, 0.15) is 5.75 Å². The van der Waals surface area contributed by atoms with E-state index >= 15 is 0 Å². The summed E-state index contributed by atoms with van der Waals surface area (Å²) in [5.41, 5.74) is 0.911. The number of methoxy groups -OCH3 is 1. The fourth-order valence-electron chi connectivity index (χ4n) is 1.93. The van der Waals surface area contributed by atoms with E-state index in [0.717, 1.165) is 30.8 Å². The van der Waals surface area contributed by atoms with E-state index in [2.05, 4.69) is 24.3 Å². The second kappa shape index (κ2) is 8.15. The zero-order chi connectivity index (χ0) is 14.3. The van der Waals surface area contributed by atoms with E-state index in [-0.39, 0.29) is 6.04 Å². The number of hydrogen-bond donors (Lipinski definition) is 2. The van der Waals surface area contributed by atoms with Crippen molar-refractivity contribution in [2.75, 3.05) is 34.3 Å². The molecule has 4 heteroatoms. The molecule has 1 rings (SSSR count). The molecule has 1 aromatic rings. The number of hydrogen-bond acceptors (Lipinski definition) is 4. The molecular formula is C15H26N2O2. The lowest BCUT2D eigenvalue weighted by Crippen LogP contribution is -2.34. The lowest BCUT2D eigenvalue weighted by atomic mass is 10.0. The van der Waals surface area contributed by atoms with Crippen LogP contribution in [0.4, 0.5) is 0 Å². The maximum atomic E-state index is 10.2. The highest BCUT2D eigenvalue weighted by atomic mass is 16.5. The number of aliphatic hydroxyl groups is 1. The molecular weight excluding hydrogens is 240 g/mol.